The molecule has 1 aromatic carbocycles. The summed E-state index contributed by atoms with van der Waals surface area (Å²) in [6.45, 7) is 0. The first-order valence-corrected chi connectivity index (χ1v) is 3.23. The fraction of sp³-hybridized carbons (Fsp3) is 0. The molecule has 1 aromatic rings. The third-order valence-corrected chi connectivity index (χ3v) is 1.74. The molecule has 0 aromatic heterocycles. The highest BCUT2D eigenvalue weighted by atomic mass is 14.9. The van der Waals surface area contributed by atoms with Crippen LogP contribution in [0, 0.1) is 0 Å². The summed E-state index contributed by atoms with van der Waals surface area (Å²) in [5.41, 5.74) is 34.0. The highest BCUT2D eigenvalue weighted by Crippen LogP contribution is 2.39. The molecular weight excluding hydrogens is 156 g/mol. The standard InChI is InChI=1S/C6H12N6/c7-1-2(8)4(10)6(12)5(11)3(1)9/h7-12H2. The average Bonchev–Trinajstić information content (AvgIpc) is 2.08. The zero-order valence-corrected chi connectivity index (χ0v) is 6.46. The molecule has 0 radical (unpaired) electrons. The van der Waals surface area contributed by atoms with Crippen LogP contribution in [-0.4, -0.2) is 0 Å². The third kappa shape index (κ3) is 0.815. The van der Waals surface area contributed by atoms with Gasteiger partial charge in [0.25, 0.3) is 0 Å². The van der Waals surface area contributed by atoms with Gasteiger partial charge in [0.15, 0.2) is 0 Å². The Morgan fingerprint density at radius 3 is 0.500 bits per heavy atom. The monoisotopic (exact) mass is 168 g/mol. The van der Waals surface area contributed by atoms with E-state index in [9.17, 15) is 0 Å². The number of benzene rings is 1. The molecule has 0 bridgehead atoms. The van der Waals surface area contributed by atoms with Gasteiger partial charge in [0.05, 0.1) is 34.1 Å². The first kappa shape index (κ1) is 8.12. The van der Waals surface area contributed by atoms with Crippen molar-refractivity contribution in [1.82, 2.24) is 0 Å². The maximum absolute atomic E-state index is 5.49. The van der Waals surface area contributed by atoms with Crippen molar-refractivity contribution in [3.63, 3.8) is 0 Å². The lowest BCUT2D eigenvalue weighted by Crippen LogP contribution is -2.10. The second-order valence-corrected chi connectivity index (χ2v) is 2.48. The molecule has 66 valence electrons. The van der Waals surface area contributed by atoms with Crippen molar-refractivity contribution < 1.29 is 0 Å². The SMILES string of the molecule is Nc1c(N)c(N)c(N)c(N)c1N. The van der Waals surface area contributed by atoms with Gasteiger partial charge >= 0.3 is 0 Å². The van der Waals surface area contributed by atoms with Crippen LogP contribution in [0.5, 0.6) is 0 Å². The molecule has 0 heterocycles. The van der Waals surface area contributed by atoms with E-state index < -0.39 is 0 Å². The van der Waals surface area contributed by atoms with Gasteiger partial charge in [-0.05, 0) is 0 Å². The van der Waals surface area contributed by atoms with Crippen LogP contribution < -0.4 is 34.4 Å². The zero-order valence-electron chi connectivity index (χ0n) is 6.46. The van der Waals surface area contributed by atoms with E-state index in [0.29, 0.717) is 0 Å². The summed E-state index contributed by atoms with van der Waals surface area (Å²) < 4.78 is 0. The van der Waals surface area contributed by atoms with E-state index in [1.807, 2.05) is 0 Å². The van der Waals surface area contributed by atoms with Crippen molar-refractivity contribution in [2.24, 2.45) is 0 Å². The molecule has 0 fully saturated rings. The molecule has 0 saturated heterocycles. The highest BCUT2D eigenvalue weighted by molar-refractivity contribution is 6.02. The molecule has 0 aliphatic heterocycles. The number of nitrogens with two attached hydrogens (primary N) is 6. The van der Waals surface area contributed by atoms with E-state index in [2.05, 4.69) is 0 Å². The molecule has 0 aliphatic carbocycles. The molecule has 6 heteroatoms. The minimum absolute atomic E-state index is 0.180. The molecule has 0 atom stereocenters. The Kier molecular flexibility index (Phi) is 1.53. The molecule has 0 amide bonds. The van der Waals surface area contributed by atoms with Gasteiger partial charge in [0.2, 0.25) is 0 Å². The number of hydrogen-bond donors (Lipinski definition) is 6. The first-order valence-electron chi connectivity index (χ1n) is 3.23. The van der Waals surface area contributed by atoms with Gasteiger partial charge in [-0.1, -0.05) is 0 Å². The summed E-state index contributed by atoms with van der Waals surface area (Å²) in [4.78, 5) is 0. The van der Waals surface area contributed by atoms with Gasteiger partial charge in [-0.3, -0.25) is 0 Å². The van der Waals surface area contributed by atoms with Crippen LogP contribution in [-0.2, 0) is 0 Å². The van der Waals surface area contributed by atoms with Crippen LogP contribution in [0.25, 0.3) is 0 Å². The van der Waals surface area contributed by atoms with Gasteiger partial charge in [-0.25, -0.2) is 0 Å². The Morgan fingerprint density at radius 1 is 0.333 bits per heavy atom. The van der Waals surface area contributed by atoms with Gasteiger partial charge in [-0.15, -0.1) is 0 Å². The lowest BCUT2D eigenvalue weighted by molar-refractivity contribution is 1.61. The quantitative estimate of drug-likeness (QED) is 0.278. The van der Waals surface area contributed by atoms with E-state index in [0.717, 1.165) is 0 Å². The van der Waals surface area contributed by atoms with E-state index in [1.165, 1.54) is 0 Å². The Labute approximate surface area is 69.5 Å². The van der Waals surface area contributed by atoms with Crippen LogP contribution >= 0.6 is 0 Å². The number of rotatable bonds is 0. The molecule has 0 spiro atoms. The molecule has 0 unspecified atom stereocenters. The highest BCUT2D eigenvalue weighted by Gasteiger charge is 2.12. The topological polar surface area (TPSA) is 156 Å². The maximum atomic E-state index is 5.49. The molecule has 1 rings (SSSR count). The van der Waals surface area contributed by atoms with Gasteiger partial charge in [-0.2, -0.15) is 0 Å². The van der Waals surface area contributed by atoms with Crippen LogP contribution in [0.4, 0.5) is 34.1 Å². The minimum atomic E-state index is 0.180. The van der Waals surface area contributed by atoms with Crippen LogP contribution in [0.1, 0.15) is 0 Å². The number of nitrogen functional groups attached to an aromatic ring is 6. The van der Waals surface area contributed by atoms with Crippen LogP contribution in [0.2, 0.25) is 0 Å². The lowest BCUT2D eigenvalue weighted by atomic mass is 10.1. The Hall–Kier alpha value is -1.98. The molecule has 0 saturated carbocycles. The Bertz CT molecular complexity index is 226. The largest absolute Gasteiger partial charge is 0.395 e. The Balaban J connectivity index is 3.60. The van der Waals surface area contributed by atoms with Crippen molar-refractivity contribution in [3.8, 4) is 0 Å². The second kappa shape index (κ2) is 2.26. The van der Waals surface area contributed by atoms with Crippen molar-refractivity contribution in [2.75, 3.05) is 34.4 Å². The summed E-state index contributed by atoms with van der Waals surface area (Å²) in [6.07, 6.45) is 0. The lowest BCUT2D eigenvalue weighted by Gasteiger charge is -2.13. The maximum Gasteiger partial charge on any atom is 0.0825 e. The third-order valence-electron chi connectivity index (χ3n) is 1.74. The van der Waals surface area contributed by atoms with Gasteiger partial charge < -0.3 is 34.4 Å². The van der Waals surface area contributed by atoms with Crippen molar-refractivity contribution in [1.29, 1.82) is 0 Å². The summed E-state index contributed by atoms with van der Waals surface area (Å²) in [7, 11) is 0. The van der Waals surface area contributed by atoms with Crippen LogP contribution in [0.3, 0.4) is 0 Å². The zero-order chi connectivity index (χ0) is 9.46. The minimum Gasteiger partial charge on any atom is -0.395 e. The second-order valence-electron chi connectivity index (χ2n) is 2.48. The van der Waals surface area contributed by atoms with E-state index in [1.54, 1.807) is 0 Å². The summed E-state index contributed by atoms with van der Waals surface area (Å²) in [5.74, 6) is 0. The van der Waals surface area contributed by atoms with E-state index in [4.69, 9.17) is 34.4 Å². The smallest absolute Gasteiger partial charge is 0.0825 e. The summed E-state index contributed by atoms with van der Waals surface area (Å²) in [6, 6.07) is 0. The summed E-state index contributed by atoms with van der Waals surface area (Å²) in [5, 5.41) is 0. The summed E-state index contributed by atoms with van der Waals surface area (Å²) >= 11 is 0. The van der Waals surface area contributed by atoms with Gasteiger partial charge in [0.1, 0.15) is 0 Å². The first-order chi connectivity index (χ1) is 5.46. The number of hydrogen-bond acceptors (Lipinski definition) is 6. The van der Waals surface area contributed by atoms with Crippen molar-refractivity contribution in [3.05, 3.63) is 0 Å². The predicted octanol–water partition coefficient (Wildman–Crippen LogP) is -0.820. The average molecular weight is 168 g/mol. The van der Waals surface area contributed by atoms with Crippen molar-refractivity contribution >= 4 is 34.1 Å². The van der Waals surface area contributed by atoms with E-state index >= 15 is 0 Å². The molecule has 6 nitrogen and oxygen atoms in total. The van der Waals surface area contributed by atoms with Crippen LogP contribution in [0.15, 0.2) is 0 Å². The molecule has 12 N–H and O–H groups in total. The van der Waals surface area contributed by atoms with E-state index in [-0.39, 0.29) is 34.1 Å². The van der Waals surface area contributed by atoms with Gasteiger partial charge in [0, 0.05) is 0 Å². The molecule has 12 heavy (non-hydrogen) atoms. The fourth-order valence-corrected chi connectivity index (χ4v) is 0.871. The van der Waals surface area contributed by atoms with Crippen molar-refractivity contribution in [2.45, 2.75) is 0 Å². The Morgan fingerprint density at radius 2 is 0.417 bits per heavy atom. The normalized spacial score (nSPS) is 10.0. The predicted molar refractivity (Wildman–Crippen MR) is 52.9 cm³/mol. The molecule has 0 aliphatic rings. The fourth-order valence-electron chi connectivity index (χ4n) is 0.871. The molecular formula is C6H12N6. The number of anilines is 6.